The van der Waals surface area contributed by atoms with Crippen molar-refractivity contribution in [1.82, 2.24) is 4.57 Å². The number of nitrogens with zero attached hydrogens (tertiary/aromatic N) is 1. The second-order valence-electron chi connectivity index (χ2n) is 7.36. The summed E-state index contributed by atoms with van der Waals surface area (Å²) in [5.74, 6) is 0.560. The van der Waals surface area contributed by atoms with Gasteiger partial charge in [-0.3, -0.25) is 9.36 Å². The first-order valence-electron chi connectivity index (χ1n) is 9.78. The summed E-state index contributed by atoms with van der Waals surface area (Å²) >= 11 is 0. The van der Waals surface area contributed by atoms with Gasteiger partial charge in [0.15, 0.2) is 0 Å². The minimum absolute atomic E-state index is 0.000539. The summed E-state index contributed by atoms with van der Waals surface area (Å²) in [6, 6.07) is 26.9. The molecule has 4 rings (SSSR count). The minimum atomic E-state index is -0.000539. The van der Waals surface area contributed by atoms with Gasteiger partial charge in [0.2, 0.25) is 5.91 Å². The lowest BCUT2D eigenvalue weighted by atomic mass is 9.88. The molecule has 2 atom stereocenters. The molecule has 1 heterocycles. The van der Waals surface area contributed by atoms with E-state index in [1.54, 1.807) is 0 Å². The fourth-order valence-corrected chi connectivity index (χ4v) is 4.13. The van der Waals surface area contributed by atoms with Gasteiger partial charge < -0.3 is 0 Å². The van der Waals surface area contributed by atoms with E-state index >= 15 is 0 Å². The summed E-state index contributed by atoms with van der Waals surface area (Å²) < 4.78 is 1.94. The maximum atomic E-state index is 13.6. The molecule has 136 valence electrons. The minimum Gasteiger partial charge on any atom is -0.280 e. The van der Waals surface area contributed by atoms with Gasteiger partial charge in [-0.15, -0.1) is 0 Å². The second kappa shape index (κ2) is 7.40. The predicted molar refractivity (Wildman–Crippen MR) is 113 cm³/mol. The smallest absolute Gasteiger partial charge is 0.234 e. The van der Waals surface area contributed by atoms with Gasteiger partial charge in [0.05, 0.1) is 11.0 Å². The summed E-state index contributed by atoms with van der Waals surface area (Å²) in [6.07, 6.45) is 1.71. The summed E-state index contributed by atoms with van der Waals surface area (Å²) in [7, 11) is 0. The number of carbonyl (C=O) groups excluding carboxylic acids is 1. The van der Waals surface area contributed by atoms with E-state index in [0.29, 0.717) is 5.92 Å². The molecule has 0 saturated carbocycles. The van der Waals surface area contributed by atoms with Crippen molar-refractivity contribution in [2.45, 2.75) is 32.6 Å². The van der Waals surface area contributed by atoms with Gasteiger partial charge in [0.25, 0.3) is 0 Å². The maximum Gasteiger partial charge on any atom is 0.234 e. The summed E-state index contributed by atoms with van der Waals surface area (Å²) in [5, 5.41) is 2.29. The van der Waals surface area contributed by atoms with Crippen LogP contribution < -0.4 is 0 Å². The number of aromatic nitrogens is 1. The van der Waals surface area contributed by atoms with E-state index in [0.717, 1.165) is 34.6 Å². The van der Waals surface area contributed by atoms with E-state index < -0.39 is 0 Å². The molecule has 2 unspecified atom stereocenters. The van der Waals surface area contributed by atoms with Crippen molar-refractivity contribution < 1.29 is 4.79 Å². The van der Waals surface area contributed by atoms with Crippen molar-refractivity contribution in [2.75, 3.05) is 0 Å². The number of rotatable bonds is 5. The molecular weight excluding hydrogens is 330 g/mol. The quantitative estimate of drug-likeness (QED) is 0.392. The first kappa shape index (κ1) is 17.5. The number of hydrogen-bond donors (Lipinski definition) is 0. The van der Waals surface area contributed by atoms with Gasteiger partial charge in [-0.05, 0) is 36.5 Å². The van der Waals surface area contributed by atoms with Crippen LogP contribution in [0.25, 0.3) is 21.8 Å². The lowest BCUT2D eigenvalue weighted by molar-refractivity contribution is 0.0829. The van der Waals surface area contributed by atoms with Crippen LogP contribution in [0.4, 0.5) is 0 Å². The standard InChI is InChI=1S/C25H25NO/c1-3-19(17-18(2)20-11-5-4-6-12-20)25(27)26-23-15-9-7-13-21(23)22-14-8-10-16-24(22)26/h4-16,18-19H,3,17H2,1-2H3. The lowest BCUT2D eigenvalue weighted by Gasteiger charge is -2.20. The van der Waals surface area contributed by atoms with Gasteiger partial charge in [0, 0.05) is 16.7 Å². The van der Waals surface area contributed by atoms with E-state index in [1.165, 1.54) is 5.56 Å². The Morgan fingerprint density at radius 2 is 1.33 bits per heavy atom. The monoisotopic (exact) mass is 355 g/mol. The highest BCUT2D eigenvalue weighted by Gasteiger charge is 2.24. The first-order valence-corrected chi connectivity index (χ1v) is 9.78. The van der Waals surface area contributed by atoms with Crippen molar-refractivity contribution in [3.05, 3.63) is 84.4 Å². The molecule has 0 bridgehead atoms. The normalized spacial score (nSPS) is 13.7. The summed E-state index contributed by atoms with van der Waals surface area (Å²) in [4.78, 5) is 13.6. The summed E-state index contributed by atoms with van der Waals surface area (Å²) in [6.45, 7) is 4.34. The second-order valence-corrected chi connectivity index (χ2v) is 7.36. The van der Waals surface area contributed by atoms with E-state index in [9.17, 15) is 4.79 Å². The first-order chi connectivity index (χ1) is 13.2. The zero-order chi connectivity index (χ0) is 18.8. The Hall–Kier alpha value is -2.87. The third-order valence-corrected chi connectivity index (χ3v) is 5.65. The molecule has 27 heavy (non-hydrogen) atoms. The van der Waals surface area contributed by atoms with E-state index in [4.69, 9.17) is 0 Å². The molecule has 0 amide bonds. The van der Waals surface area contributed by atoms with E-state index in [1.807, 2.05) is 34.9 Å². The van der Waals surface area contributed by atoms with Crippen LogP contribution in [0.1, 0.15) is 43.0 Å². The Bertz CT molecular complexity index is 1020. The predicted octanol–water partition coefficient (Wildman–Crippen LogP) is 6.65. The molecule has 2 heteroatoms. The van der Waals surface area contributed by atoms with Gasteiger partial charge in [-0.1, -0.05) is 80.6 Å². The van der Waals surface area contributed by atoms with Crippen molar-refractivity contribution in [3.63, 3.8) is 0 Å². The molecule has 0 aliphatic rings. The number of para-hydroxylation sites is 2. The topological polar surface area (TPSA) is 22.0 Å². The number of benzene rings is 3. The van der Waals surface area contributed by atoms with E-state index in [-0.39, 0.29) is 11.8 Å². The van der Waals surface area contributed by atoms with Crippen LogP contribution in [-0.2, 0) is 0 Å². The van der Waals surface area contributed by atoms with Gasteiger partial charge in [0.1, 0.15) is 0 Å². The molecule has 3 aromatic carbocycles. The van der Waals surface area contributed by atoms with E-state index in [2.05, 4.69) is 62.4 Å². The van der Waals surface area contributed by atoms with Gasteiger partial charge >= 0.3 is 0 Å². The van der Waals surface area contributed by atoms with Crippen molar-refractivity contribution >= 4 is 27.7 Å². The molecule has 4 aromatic rings. The largest absolute Gasteiger partial charge is 0.280 e. The maximum absolute atomic E-state index is 13.6. The van der Waals surface area contributed by atoms with Crippen LogP contribution in [0, 0.1) is 5.92 Å². The Labute approximate surface area is 160 Å². The Balaban J connectivity index is 1.74. The zero-order valence-corrected chi connectivity index (χ0v) is 15.9. The SMILES string of the molecule is CCC(CC(C)c1ccccc1)C(=O)n1c2ccccc2c2ccccc21. The van der Waals surface area contributed by atoms with Crippen LogP contribution in [0.15, 0.2) is 78.9 Å². The zero-order valence-electron chi connectivity index (χ0n) is 15.9. The fraction of sp³-hybridized carbons (Fsp3) is 0.240. The van der Waals surface area contributed by atoms with Crippen LogP contribution in [0.3, 0.4) is 0 Å². The van der Waals surface area contributed by atoms with Crippen LogP contribution in [0.2, 0.25) is 0 Å². The molecule has 0 spiro atoms. The third kappa shape index (κ3) is 3.16. The lowest BCUT2D eigenvalue weighted by Crippen LogP contribution is -2.22. The van der Waals surface area contributed by atoms with Crippen LogP contribution in [-0.4, -0.2) is 10.5 Å². The molecule has 0 aliphatic carbocycles. The molecule has 0 N–H and O–H groups in total. The molecule has 0 aliphatic heterocycles. The van der Waals surface area contributed by atoms with Crippen molar-refractivity contribution in [1.29, 1.82) is 0 Å². The highest BCUT2D eigenvalue weighted by atomic mass is 16.2. The van der Waals surface area contributed by atoms with Gasteiger partial charge in [-0.25, -0.2) is 0 Å². The number of hydrogen-bond acceptors (Lipinski definition) is 1. The molecule has 0 fully saturated rings. The van der Waals surface area contributed by atoms with Crippen molar-refractivity contribution in [3.8, 4) is 0 Å². The average Bonchev–Trinajstić information content (AvgIpc) is 3.06. The van der Waals surface area contributed by atoms with Crippen LogP contribution in [0.5, 0.6) is 0 Å². The number of carbonyl (C=O) groups is 1. The highest BCUT2D eigenvalue weighted by molar-refractivity contribution is 6.13. The molecule has 0 radical (unpaired) electrons. The van der Waals surface area contributed by atoms with Crippen LogP contribution >= 0.6 is 0 Å². The Morgan fingerprint density at radius 3 is 1.89 bits per heavy atom. The Kier molecular flexibility index (Phi) is 4.81. The third-order valence-electron chi connectivity index (χ3n) is 5.65. The van der Waals surface area contributed by atoms with Gasteiger partial charge in [-0.2, -0.15) is 0 Å². The Morgan fingerprint density at radius 1 is 0.815 bits per heavy atom. The number of fused-ring (bicyclic) bond motifs is 3. The summed E-state index contributed by atoms with van der Waals surface area (Å²) in [5.41, 5.74) is 3.31. The fourth-order valence-electron chi connectivity index (χ4n) is 4.13. The highest BCUT2D eigenvalue weighted by Crippen LogP contribution is 2.32. The van der Waals surface area contributed by atoms with Crippen molar-refractivity contribution in [2.24, 2.45) is 5.92 Å². The molecule has 0 saturated heterocycles. The molecule has 2 nitrogen and oxygen atoms in total. The molecule has 1 aromatic heterocycles. The average molecular weight is 355 g/mol. The molecular formula is C25H25NO.